The molecular weight excluding hydrogens is 398 g/mol. The maximum absolute atomic E-state index is 6.19. The molecule has 1 aromatic carbocycles. The van der Waals surface area contributed by atoms with Crippen LogP contribution in [0.15, 0.2) is 47.6 Å². The van der Waals surface area contributed by atoms with E-state index in [9.17, 15) is 0 Å². The van der Waals surface area contributed by atoms with E-state index in [2.05, 4.69) is 70.8 Å². The minimum absolute atomic E-state index is 0.142. The molecule has 0 amide bonds. The second-order valence-electron chi connectivity index (χ2n) is 8.90. The van der Waals surface area contributed by atoms with Crippen molar-refractivity contribution in [2.24, 2.45) is 10.9 Å². The normalized spacial score (nSPS) is 21.6. The molecule has 32 heavy (non-hydrogen) atoms. The van der Waals surface area contributed by atoms with Crippen molar-refractivity contribution in [3.63, 3.8) is 0 Å². The van der Waals surface area contributed by atoms with Crippen LogP contribution in [0, 0.1) is 12.8 Å². The van der Waals surface area contributed by atoms with Gasteiger partial charge in [0.25, 0.3) is 0 Å². The highest BCUT2D eigenvalue weighted by Gasteiger charge is 2.27. The summed E-state index contributed by atoms with van der Waals surface area (Å²) in [5.41, 5.74) is 3.75. The molecule has 1 aromatic heterocycles. The Morgan fingerprint density at radius 1 is 1.12 bits per heavy atom. The minimum atomic E-state index is 0.142. The van der Waals surface area contributed by atoms with Gasteiger partial charge in [0.2, 0.25) is 0 Å². The zero-order chi connectivity index (χ0) is 22.2. The molecule has 2 saturated heterocycles. The predicted molar refractivity (Wildman–Crippen MR) is 131 cm³/mol. The van der Waals surface area contributed by atoms with E-state index in [1.807, 2.05) is 6.20 Å². The molecule has 3 heterocycles. The van der Waals surface area contributed by atoms with Gasteiger partial charge in [0.05, 0.1) is 12.6 Å². The predicted octanol–water partition coefficient (Wildman–Crippen LogP) is 4.21. The van der Waals surface area contributed by atoms with E-state index in [-0.39, 0.29) is 6.10 Å². The Labute approximate surface area is 192 Å². The third-order valence-corrected chi connectivity index (χ3v) is 6.39. The lowest BCUT2D eigenvalue weighted by Gasteiger charge is -2.32. The van der Waals surface area contributed by atoms with Crippen molar-refractivity contribution in [3.05, 3.63) is 59.3 Å². The first kappa shape index (κ1) is 22.6. The largest absolute Gasteiger partial charge is 0.373 e. The monoisotopic (exact) mass is 435 g/mol. The number of benzene rings is 1. The maximum atomic E-state index is 6.19. The summed E-state index contributed by atoms with van der Waals surface area (Å²) < 4.78 is 6.19. The van der Waals surface area contributed by atoms with Gasteiger partial charge in [-0.15, -0.1) is 0 Å². The van der Waals surface area contributed by atoms with Crippen molar-refractivity contribution in [1.29, 1.82) is 0 Å². The fraction of sp³-hybridized carbons (Fsp3) is 0.538. The van der Waals surface area contributed by atoms with E-state index in [1.165, 1.54) is 29.5 Å². The number of aryl methyl sites for hydroxylation is 1. The van der Waals surface area contributed by atoms with E-state index < -0.39 is 0 Å². The average molecular weight is 436 g/mol. The number of aromatic nitrogens is 1. The van der Waals surface area contributed by atoms with Crippen LogP contribution in [0.5, 0.6) is 0 Å². The smallest absolute Gasteiger partial charge is 0.191 e. The zero-order valence-corrected chi connectivity index (χ0v) is 19.5. The molecule has 6 heteroatoms. The van der Waals surface area contributed by atoms with Crippen molar-refractivity contribution >= 4 is 11.8 Å². The number of hydrogen-bond acceptors (Lipinski definition) is 4. The van der Waals surface area contributed by atoms with E-state index in [4.69, 9.17) is 9.73 Å². The van der Waals surface area contributed by atoms with Crippen molar-refractivity contribution in [3.8, 4) is 0 Å². The second kappa shape index (κ2) is 11.3. The molecule has 6 nitrogen and oxygen atoms in total. The summed E-state index contributed by atoms with van der Waals surface area (Å²) in [5, 5.41) is 6.97. The SMILES string of the molecule is CCNC(=NCc1ccnc(N2CCCC2)c1)NCC1CCCOC1c1ccc(C)cc1. The molecule has 2 N–H and O–H groups in total. The van der Waals surface area contributed by atoms with Gasteiger partial charge in [0, 0.05) is 44.9 Å². The van der Waals surface area contributed by atoms with Crippen LogP contribution in [0.4, 0.5) is 5.82 Å². The summed E-state index contributed by atoms with van der Waals surface area (Å²) in [4.78, 5) is 11.8. The number of ether oxygens (including phenoxy) is 1. The number of nitrogens with one attached hydrogen (secondary N) is 2. The molecule has 2 aliphatic rings. The summed E-state index contributed by atoms with van der Waals surface area (Å²) in [7, 11) is 0. The molecule has 2 fully saturated rings. The Kier molecular flexibility index (Phi) is 7.99. The molecule has 0 aliphatic carbocycles. The molecule has 172 valence electrons. The Balaban J connectivity index is 1.38. The number of aliphatic imine (C=N–C) groups is 1. The highest BCUT2D eigenvalue weighted by atomic mass is 16.5. The van der Waals surface area contributed by atoms with Crippen molar-refractivity contribution in [1.82, 2.24) is 15.6 Å². The summed E-state index contributed by atoms with van der Waals surface area (Å²) in [5.74, 6) is 2.37. The summed E-state index contributed by atoms with van der Waals surface area (Å²) >= 11 is 0. The van der Waals surface area contributed by atoms with Gasteiger partial charge in [0.1, 0.15) is 5.82 Å². The first-order valence-corrected chi connectivity index (χ1v) is 12.1. The molecule has 0 radical (unpaired) electrons. The van der Waals surface area contributed by atoms with Crippen molar-refractivity contribution < 1.29 is 4.74 Å². The van der Waals surface area contributed by atoms with Crippen LogP contribution in [0.1, 0.15) is 55.4 Å². The molecule has 0 saturated carbocycles. The Morgan fingerprint density at radius 2 is 1.94 bits per heavy atom. The lowest BCUT2D eigenvalue weighted by atomic mass is 9.89. The third-order valence-electron chi connectivity index (χ3n) is 6.39. The topological polar surface area (TPSA) is 61.8 Å². The molecule has 4 rings (SSSR count). The first-order valence-electron chi connectivity index (χ1n) is 12.1. The van der Waals surface area contributed by atoms with Crippen LogP contribution in [-0.4, -0.2) is 43.7 Å². The van der Waals surface area contributed by atoms with E-state index in [0.717, 1.165) is 57.4 Å². The summed E-state index contributed by atoms with van der Waals surface area (Å²) in [6.07, 6.45) is 6.83. The number of nitrogens with zero attached hydrogens (tertiary/aromatic N) is 3. The highest BCUT2D eigenvalue weighted by molar-refractivity contribution is 5.79. The maximum Gasteiger partial charge on any atom is 0.191 e. The van der Waals surface area contributed by atoms with E-state index >= 15 is 0 Å². The van der Waals surface area contributed by atoms with Gasteiger partial charge in [-0.25, -0.2) is 9.98 Å². The van der Waals surface area contributed by atoms with Gasteiger partial charge >= 0.3 is 0 Å². The molecule has 2 atom stereocenters. The van der Waals surface area contributed by atoms with Crippen LogP contribution in [0.3, 0.4) is 0 Å². The van der Waals surface area contributed by atoms with Crippen LogP contribution in [0.25, 0.3) is 0 Å². The van der Waals surface area contributed by atoms with Gasteiger partial charge < -0.3 is 20.3 Å². The quantitative estimate of drug-likeness (QED) is 0.504. The van der Waals surface area contributed by atoms with Crippen LogP contribution in [0.2, 0.25) is 0 Å². The fourth-order valence-electron chi connectivity index (χ4n) is 4.59. The molecule has 2 aliphatic heterocycles. The summed E-state index contributed by atoms with van der Waals surface area (Å²) in [6.45, 7) is 9.61. The Morgan fingerprint density at radius 3 is 2.72 bits per heavy atom. The van der Waals surface area contributed by atoms with Gasteiger partial charge in [-0.05, 0) is 62.8 Å². The third kappa shape index (κ3) is 6.00. The van der Waals surface area contributed by atoms with Crippen LogP contribution < -0.4 is 15.5 Å². The first-order chi connectivity index (χ1) is 15.7. The zero-order valence-electron chi connectivity index (χ0n) is 19.5. The summed E-state index contributed by atoms with van der Waals surface area (Å²) in [6, 6.07) is 13.0. The Hall–Kier alpha value is -2.60. The van der Waals surface area contributed by atoms with Crippen molar-refractivity contribution in [2.45, 2.75) is 52.2 Å². The van der Waals surface area contributed by atoms with Gasteiger partial charge in [-0.2, -0.15) is 0 Å². The Bertz CT molecular complexity index is 876. The van der Waals surface area contributed by atoms with Gasteiger partial charge in [-0.3, -0.25) is 0 Å². The lowest BCUT2D eigenvalue weighted by molar-refractivity contribution is -0.0265. The molecule has 2 unspecified atom stereocenters. The molecule has 2 aromatic rings. The number of rotatable bonds is 7. The van der Waals surface area contributed by atoms with E-state index in [1.54, 1.807) is 0 Å². The standard InChI is InChI=1S/C26H37N5O/c1-3-27-26(29-18-21-12-13-28-24(17-21)31-14-4-5-15-31)30-19-23-7-6-16-32-25(23)22-10-8-20(2)9-11-22/h8-13,17,23,25H,3-7,14-16,18-19H2,1-2H3,(H2,27,29,30). The van der Waals surface area contributed by atoms with Crippen molar-refractivity contribution in [2.75, 3.05) is 37.7 Å². The van der Waals surface area contributed by atoms with Gasteiger partial charge in [0.15, 0.2) is 5.96 Å². The average Bonchev–Trinajstić information content (AvgIpc) is 3.37. The van der Waals surface area contributed by atoms with Crippen LogP contribution >= 0.6 is 0 Å². The van der Waals surface area contributed by atoms with Gasteiger partial charge in [-0.1, -0.05) is 29.8 Å². The highest BCUT2D eigenvalue weighted by Crippen LogP contribution is 2.33. The second-order valence-corrected chi connectivity index (χ2v) is 8.90. The molecule has 0 spiro atoms. The van der Waals surface area contributed by atoms with Crippen LogP contribution in [-0.2, 0) is 11.3 Å². The molecule has 0 bridgehead atoms. The minimum Gasteiger partial charge on any atom is -0.373 e. The number of anilines is 1. The fourth-order valence-corrected chi connectivity index (χ4v) is 4.59. The van der Waals surface area contributed by atoms with E-state index in [0.29, 0.717) is 12.5 Å². The number of pyridine rings is 1. The molecular formula is C26H37N5O. The number of hydrogen-bond donors (Lipinski definition) is 2. The lowest BCUT2D eigenvalue weighted by Crippen LogP contribution is -2.42. The number of guanidine groups is 1.